The van der Waals surface area contributed by atoms with E-state index in [9.17, 15) is 4.79 Å². The summed E-state index contributed by atoms with van der Waals surface area (Å²) in [5.41, 5.74) is 8.90. The van der Waals surface area contributed by atoms with E-state index in [1.807, 2.05) is 45.9 Å². The number of anilines is 1. The Morgan fingerprint density at radius 3 is 2.78 bits per heavy atom. The van der Waals surface area contributed by atoms with E-state index in [1.165, 1.54) is 11.8 Å². The van der Waals surface area contributed by atoms with Gasteiger partial charge < -0.3 is 15.5 Å². The Bertz CT molecular complexity index is 684. The van der Waals surface area contributed by atoms with Crippen molar-refractivity contribution < 1.29 is 9.21 Å². The first-order valence-electron chi connectivity index (χ1n) is 7.45. The van der Waals surface area contributed by atoms with Crippen LogP contribution in [0, 0.1) is 19.8 Å². The van der Waals surface area contributed by atoms with Gasteiger partial charge in [0, 0.05) is 5.69 Å². The van der Waals surface area contributed by atoms with Crippen molar-refractivity contribution in [2.75, 3.05) is 11.1 Å². The second-order valence-corrected chi connectivity index (χ2v) is 6.76. The zero-order chi connectivity index (χ0) is 17.0. The number of rotatable bonds is 6. The Morgan fingerprint density at radius 2 is 2.09 bits per heavy atom. The first-order chi connectivity index (χ1) is 10.9. The molecule has 1 aromatic heterocycles. The van der Waals surface area contributed by atoms with E-state index in [1.54, 1.807) is 0 Å². The van der Waals surface area contributed by atoms with Crippen LogP contribution in [-0.2, 0) is 4.79 Å². The maximum atomic E-state index is 12.1. The lowest BCUT2D eigenvalue weighted by Crippen LogP contribution is -2.16. The maximum absolute atomic E-state index is 12.1. The molecule has 3 N–H and O–H groups in total. The average Bonchev–Trinajstić information content (AvgIpc) is 2.97. The van der Waals surface area contributed by atoms with Crippen molar-refractivity contribution in [3.05, 3.63) is 35.2 Å². The second kappa shape index (κ2) is 7.61. The molecule has 0 aliphatic rings. The van der Waals surface area contributed by atoms with Crippen molar-refractivity contribution >= 4 is 23.4 Å². The summed E-state index contributed by atoms with van der Waals surface area (Å²) in [7, 11) is 0. The molecule has 0 radical (unpaired) electrons. The predicted molar refractivity (Wildman–Crippen MR) is 91.3 cm³/mol. The molecule has 1 amide bonds. The molecule has 2 rings (SSSR count). The largest absolute Gasteiger partial charge is 0.414 e. The Hall–Kier alpha value is -1.86. The Kier molecular flexibility index (Phi) is 5.79. The molecule has 23 heavy (non-hydrogen) atoms. The maximum Gasteiger partial charge on any atom is 0.277 e. The van der Waals surface area contributed by atoms with Crippen LogP contribution in [0.4, 0.5) is 5.69 Å². The summed E-state index contributed by atoms with van der Waals surface area (Å²) in [4.78, 5) is 12.1. The van der Waals surface area contributed by atoms with Gasteiger partial charge in [0.05, 0.1) is 11.8 Å². The third-order valence-corrected chi connectivity index (χ3v) is 4.24. The van der Waals surface area contributed by atoms with Gasteiger partial charge in [-0.15, -0.1) is 10.2 Å². The van der Waals surface area contributed by atoms with E-state index in [0.29, 0.717) is 11.1 Å². The molecule has 124 valence electrons. The number of aryl methyl sites for hydroxylation is 2. The summed E-state index contributed by atoms with van der Waals surface area (Å²) in [6, 6.07) is 5.65. The average molecular weight is 334 g/mol. The van der Waals surface area contributed by atoms with Gasteiger partial charge in [-0.05, 0) is 37.0 Å². The van der Waals surface area contributed by atoms with Crippen LogP contribution >= 0.6 is 11.8 Å². The van der Waals surface area contributed by atoms with Gasteiger partial charge in [-0.25, -0.2) is 0 Å². The van der Waals surface area contributed by atoms with Crippen LogP contribution in [0.15, 0.2) is 27.8 Å². The summed E-state index contributed by atoms with van der Waals surface area (Å²) in [5.74, 6) is 0.696. The van der Waals surface area contributed by atoms with Crippen LogP contribution in [0.25, 0.3) is 0 Å². The van der Waals surface area contributed by atoms with E-state index in [4.69, 9.17) is 10.2 Å². The molecule has 1 atom stereocenters. The quantitative estimate of drug-likeness (QED) is 0.789. The lowest BCUT2D eigenvalue weighted by Gasteiger charge is -2.09. The minimum absolute atomic E-state index is 0.114. The van der Waals surface area contributed by atoms with Crippen molar-refractivity contribution in [3.8, 4) is 0 Å². The topological polar surface area (TPSA) is 94.0 Å². The normalized spacial score (nSPS) is 12.4. The molecule has 0 aliphatic carbocycles. The van der Waals surface area contributed by atoms with Crippen LogP contribution in [0.3, 0.4) is 0 Å². The Labute approximate surface area is 140 Å². The molecule has 7 heteroatoms. The smallest absolute Gasteiger partial charge is 0.277 e. The van der Waals surface area contributed by atoms with Crippen molar-refractivity contribution in [1.82, 2.24) is 10.2 Å². The molecule has 1 aromatic carbocycles. The molecule has 0 unspecified atom stereocenters. The third-order valence-electron chi connectivity index (χ3n) is 3.42. The van der Waals surface area contributed by atoms with Crippen molar-refractivity contribution in [2.24, 2.45) is 11.7 Å². The number of nitrogens with one attached hydrogen (secondary N) is 1. The molecule has 6 nitrogen and oxygen atoms in total. The van der Waals surface area contributed by atoms with Crippen molar-refractivity contribution in [1.29, 1.82) is 0 Å². The molecule has 0 saturated carbocycles. The summed E-state index contributed by atoms with van der Waals surface area (Å²) < 4.78 is 5.49. The van der Waals surface area contributed by atoms with E-state index >= 15 is 0 Å². The highest BCUT2D eigenvalue weighted by Gasteiger charge is 2.18. The van der Waals surface area contributed by atoms with Gasteiger partial charge in [0.15, 0.2) is 0 Å². The zero-order valence-electron chi connectivity index (χ0n) is 13.8. The van der Waals surface area contributed by atoms with Crippen LogP contribution in [0.5, 0.6) is 0 Å². The minimum Gasteiger partial charge on any atom is -0.414 e. The lowest BCUT2D eigenvalue weighted by molar-refractivity contribution is -0.113. The van der Waals surface area contributed by atoms with Crippen LogP contribution in [0.2, 0.25) is 0 Å². The van der Waals surface area contributed by atoms with Crippen molar-refractivity contribution in [3.63, 3.8) is 0 Å². The molecular formula is C16H22N4O2S. The van der Waals surface area contributed by atoms with Crippen molar-refractivity contribution in [2.45, 2.75) is 39.0 Å². The molecule has 0 spiro atoms. The lowest BCUT2D eigenvalue weighted by atomic mass is 10.1. The fourth-order valence-corrected chi connectivity index (χ4v) is 2.45. The van der Waals surface area contributed by atoms with Gasteiger partial charge in [-0.1, -0.05) is 37.7 Å². The molecule has 0 fully saturated rings. The van der Waals surface area contributed by atoms with Crippen LogP contribution < -0.4 is 11.1 Å². The van der Waals surface area contributed by atoms with Gasteiger partial charge in [0.1, 0.15) is 0 Å². The summed E-state index contributed by atoms with van der Waals surface area (Å²) in [6.45, 7) is 7.92. The first kappa shape index (κ1) is 17.5. The minimum atomic E-state index is -0.291. The summed E-state index contributed by atoms with van der Waals surface area (Å²) in [5, 5.41) is 11.1. The fraction of sp³-hybridized carbons (Fsp3) is 0.438. The molecule has 0 aliphatic heterocycles. The SMILES string of the molecule is Cc1ccc(C)c(NC(=O)CSc2nnc([C@@H](N)C(C)C)o2)c1. The zero-order valence-corrected chi connectivity index (χ0v) is 14.6. The van der Waals surface area contributed by atoms with Gasteiger partial charge in [0.25, 0.3) is 5.22 Å². The number of carbonyl (C=O) groups is 1. The molecule has 0 bridgehead atoms. The number of aromatic nitrogens is 2. The molecule has 2 aromatic rings. The number of carbonyl (C=O) groups excluding carboxylic acids is 1. The highest BCUT2D eigenvalue weighted by molar-refractivity contribution is 7.99. The molecule has 0 saturated heterocycles. The van der Waals surface area contributed by atoms with E-state index < -0.39 is 0 Å². The predicted octanol–water partition coefficient (Wildman–Crippen LogP) is 3.07. The molecular weight excluding hydrogens is 312 g/mol. The summed E-state index contributed by atoms with van der Waals surface area (Å²) in [6.07, 6.45) is 0. The number of nitrogens with zero attached hydrogens (tertiary/aromatic N) is 2. The van der Waals surface area contributed by atoms with Gasteiger partial charge in [-0.3, -0.25) is 4.79 Å². The third kappa shape index (κ3) is 4.80. The fourth-order valence-electron chi connectivity index (χ4n) is 1.88. The monoisotopic (exact) mass is 334 g/mol. The van der Waals surface area contributed by atoms with E-state index in [0.717, 1.165) is 16.8 Å². The van der Waals surface area contributed by atoms with E-state index in [2.05, 4.69) is 15.5 Å². The van der Waals surface area contributed by atoms with Gasteiger partial charge in [0.2, 0.25) is 11.8 Å². The Balaban J connectivity index is 1.91. The number of hydrogen-bond donors (Lipinski definition) is 2. The number of nitrogens with two attached hydrogens (primary N) is 1. The van der Waals surface area contributed by atoms with Gasteiger partial charge >= 0.3 is 0 Å². The second-order valence-electron chi connectivity index (χ2n) is 5.83. The number of amides is 1. The number of hydrogen-bond acceptors (Lipinski definition) is 6. The first-order valence-corrected chi connectivity index (χ1v) is 8.44. The van der Waals surface area contributed by atoms with Crippen LogP contribution in [0.1, 0.15) is 36.9 Å². The number of benzene rings is 1. The highest BCUT2D eigenvalue weighted by atomic mass is 32.2. The van der Waals surface area contributed by atoms with Crippen LogP contribution in [-0.4, -0.2) is 21.9 Å². The van der Waals surface area contributed by atoms with Gasteiger partial charge in [-0.2, -0.15) is 0 Å². The number of thioether (sulfide) groups is 1. The summed E-state index contributed by atoms with van der Waals surface area (Å²) >= 11 is 1.20. The molecule has 1 heterocycles. The highest BCUT2D eigenvalue weighted by Crippen LogP contribution is 2.23. The Morgan fingerprint density at radius 1 is 1.35 bits per heavy atom. The standard InChI is InChI=1S/C16H22N4O2S/c1-9(2)14(17)15-19-20-16(22-15)23-8-13(21)18-12-7-10(3)5-6-11(12)4/h5-7,9,14H,8,17H2,1-4H3,(H,18,21)/t14-/m0/s1. The van der Waals surface area contributed by atoms with E-state index in [-0.39, 0.29) is 23.6 Å².